The summed E-state index contributed by atoms with van der Waals surface area (Å²) in [5, 5.41) is 0. The van der Waals surface area contributed by atoms with Crippen LogP contribution < -0.4 is 4.74 Å². The molecule has 0 amide bonds. The first-order chi connectivity index (χ1) is 9.13. The van der Waals surface area contributed by atoms with Crippen LogP contribution >= 0.6 is 0 Å². The van der Waals surface area contributed by atoms with Gasteiger partial charge in [-0.3, -0.25) is 9.78 Å². The second-order valence-electron chi connectivity index (χ2n) is 4.51. The van der Waals surface area contributed by atoms with Crippen LogP contribution in [0.1, 0.15) is 27.2 Å². The summed E-state index contributed by atoms with van der Waals surface area (Å²) in [4.78, 5) is 16.5. The Morgan fingerprint density at radius 3 is 2.53 bits per heavy atom. The number of carbonyl (C=O) groups excluding carboxylic acids is 1. The highest BCUT2D eigenvalue weighted by molar-refractivity contribution is 5.97. The molecule has 0 saturated carbocycles. The van der Waals surface area contributed by atoms with E-state index >= 15 is 0 Å². The summed E-state index contributed by atoms with van der Waals surface area (Å²) >= 11 is 0. The zero-order valence-electron chi connectivity index (χ0n) is 11.4. The minimum Gasteiger partial charge on any atom is -0.496 e. The molecule has 0 unspecified atom stereocenters. The highest BCUT2D eigenvalue weighted by atomic mass is 16.5. The van der Waals surface area contributed by atoms with Crippen LogP contribution in [0, 0.1) is 13.8 Å². The van der Waals surface area contributed by atoms with Crippen LogP contribution in [-0.4, -0.2) is 17.9 Å². The molecule has 0 atom stereocenters. The molecular formula is C16H17NO2. The Labute approximate surface area is 113 Å². The van der Waals surface area contributed by atoms with Gasteiger partial charge in [0.05, 0.1) is 19.2 Å². The van der Waals surface area contributed by atoms with Gasteiger partial charge < -0.3 is 4.74 Å². The normalized spacial score (nSPS) is 10.3. The van der Waals surface area contributed by atoms with Crippen molar-refractivity contribution in [3.63, 3.8) is 0 Å². The third kappa shape index (κ3) is 2.81. The van der Waals surface area contributed by atoms with Crippen molar-refractivity contribution in [1.82, 2.24) is 4.98 Å². The molecule has 1 aromatic carbocycles. The molecule has 2 aromatic rings. The van der Waals surface area contributed by atoms with Crippen molar-refractivity contribution in [2.75, 3.05) is 7.11 Å². The Morgan fingerprint density at radius 2 is 1.89 bits per heavy atom. The summed E-state index contributed by atoms with van der Waals surface area (Å²) in [6, 6.07) is 9.27. The Kier molecular flexibility index (Phi) is 3.95. The van der Waals surface area contributed by atoms with E-state index in [1.54, 1.807) is 13.3 Å². The maximum atomic E-state index is 12.2. The van der Waals surface area contributed by atoms with Gasteiger partial charge in [-0.15, -0.1) is 0 Å². The summed E-state index contributed by atoms with van der Waals surface area (Å²) < 4.78 is 5.35. The van der Waals surface area contributed by atoms with E-state index in [9.17, 15) is 4.79 Å². The second kappa shape index (κ2) is 5.65. The molecule has 0 radical (unpaired) electrons. The highest BCUT2D eigenvalue weighted by Gasteiger charge is 2.13. The summed E-state index contributed by atoms with van der Waals surface area (Å²) in [7, 11) is 1.64. The third-order valence-corrected chi connectivity index (χ3v) is 3.17. The first-order valence-electron chi connectivity index (χ1n) is 6.20. The number of nitrogens with zero attached hydrogens (tertiary/aromatic N) is 1. The monoisotopic (exact) mass is 255 g/mol. The second-order valence-corrected chi connectivity index (χ2v) is 4.51. The Balaban J connectivity index is 2.27. The van der Waals surface area contributed by atoms with Crippen molar-refractivity contribution < 1.29 is 9.53 Å². The van der Waals surface area contributed by atoms with Crippen LogP contribution in [0.3, 0.4) is 0 Å². The van der Waals surface area contributed by atoms with Crippen molar-refractivity contribution in [3.05, 3.63) is 58.9 Å². The van der Waals surface area contributed by atoms with E-state index < -0.39 is 0 Å². The topological polar surface area (TPSA) is 39.2 Å². The van der Waals surface area contributed by atoms with Crippen LogP contribution in [0.2, 0.25) is 0 Å². The standard InChI is InChI=1S/C16H17NO2/c1-11-10-17-14(12(2)16(11)19-3)9-15(18)13-7-5-4-6-8-13/h4-8,10H,9H2,1-3H3. The number of aryl methyl sites for hydroxylation is 1. The molecule has 1 heterocycles. The molecule has 0 bridgehead atoms. The van der Waals surface area contributed by atoms with Crippen molar-refractivity contribution in [3.8, 4) is 5.75 Å². The number of ketones is 1. The fraction of sp³-hybridized carbons (Fsp3) is 0.250. The van der Waals surface area contributed by atoms with Crippen LogP contribution in [0.15, 0.2) is 36.5 Å². The summed E-state index contributed by atoms with van der Waals surface area (Å²) in [5.41, 5.74) is 3.40. The molecule has 98 valence electrons. The number of methoxy groups -OCH3 is 1. The molecule has 0 saturated heterocycles. The molecular weight excluding hydrogens is 238 g/mol. The molecule has 0 N–H and O–H groups in total. The van der Waals surface area contributed by atoms with Gasteiger partial charge in [-0.25, -0.2) is 0 Å². The van der Waals surface area contributed by atoms with E-state index in [2.05, 4.69) is 4.98 Å². The Bertz CT molecular complexity index is 591. The molecule has 2 rings (SSSR count). The number of pyridine rings is 1. The van der Waals surface area contributed by atoms with Gasteiger partial charge in [0.15, 0.2) is 5.78 Å². The molecule has 3 heteroatoms. The van der Waals surface area contributed by atoms with E-state index in [0.29, 0.717) is 12.0 Å². The SMILES string of the molecule is COc1c(C)cnc(CC(=O)c2ccccc2)c1C. The number of Topliss-reactive ketones (excluding diaryl/α,β-unsaturated/α-hetero) is 1. The first-order valence-corrected chi connectivity index (χ1v) is 6.20. The van der Waals surface area contributed by atoms with E-state index in [1.165, 1.54) is 0 Å². The lowest BCUT2D eigenvalue weighted by Gasteiger charge is -2.11. The molecule has 0 spiro atoms. The summed E-state index contributed by atoms with van der Waals surface area (Å²) in [6.07, 6.45) is 2.05. The number of rotatable bonds is 4. The fourth-order valence-electron chi connectivity index (χ4n) is 2.13. The fourth-order valence-corrected chi connectivity index (χ4v) is 2.13. The molecule has 1 aromatic heterocycles. The quantitative estimate of drug-likeness (QED) is 0.788. The van der Waals surface area contributed by atoms with Gasteiger partial charge in [0.2, 0.25) is 0 Å². The molecule has 0 aliphatic carbocycles. The van der Waals surface area contributed by atoms with Gasteiger partial charge >= 0.3 is 0 Å². The number of carbonyl (C=O) groups is 1. The van der Waals surface area contributed by atoms with Crippen molar-refractivity contribution in [1.29, 1.82) is 0 Å². The zero-order valence-corrected chi connectivity index (χ0v) is 11.4. The predicted octanol–water partition coefficient (Wildman–Crippen LogP) is 3.13. The molecule has 3 nitrogen and oxygen atoms in total. The maximum absolute atomic E-state index is 12.2. The molecule has 0 fully saturated rings. The van der Waals surface area contributed by atoms with E-state index in [-0.39, 0.29) is 5.78 Å². The largest absolute Gasteiger partial charge is 0.496 e. The van der Waals surface area contributed by atoms with E-state index in [4.69, 9.17) is 4.74 Å². The van der Waals surface area contributed by atoms with Crippen LogP contribution in [-0.2, 0) is 6.42 Å². The minimum absolute atomic E-state index is 0.0714. The van der Waals surface area contributed by atoms with Gasteiger partial charge in [-0.2, -0.15) is 0 Å². The first kappa shape index (κ1) is 13.3. The van der Waals surface area contributed by atoms with E-state index in [1.807, 2.05) is 44.2 Å². The van der Waals surface area contributed by atoms with Crippen LogP contribution in [0.25, 0.3) is 0 Å². The van der Waals surface area contributed by atoms with Crippen LogP contribution in [0.4, 0.5) is 0 Å². The molecule has 0 aliphatic heterocycles. The average molecular weight is 255 g/mol. The Morgan fingerprint density at radius 1 is 1.21 bits per heavy atom. The smallest absolute Gasteiger partial charge is 0.168 e. The van der Waals surface area contributed by atoms with Gasteiger partial charge in [0, 0.05) is 22.9 Å². The molecule has 19 heavy (non-hydrogen) atoms. The summed E-state index contributed by atoms with van der Waals surface area (Å²) in [6.45, 7) is 3.88. The van der Waals surface area contributed by atoms with Gasteiger partial charge in [-0.1, -0.05) is 30.3 Å². The van der Waals surface area contributed by atoms with Crippen molar-refractivity contribution in [2.45, 2.75) is 20.3 Å². The number of aromatic nitrogens is 1. The Hall–Kier alpha value is -2.16. The van der Waals surface area contributed by atoms with Crippen molar-refractivity contribution in [2.24, 2.45) is 0 Å². The number of benzene rings is 1. The maximum Gasteiger partial charge on any atom is 0.168 e. The van der Waals surface area contributed by atoms with E-state index in [0.717, 1.165) is 22.6 Å². The highest BCUT2D eigenvalue weighted by Crippen LogP contribution is 2.24. The number of hydrogen-bond acceptors (Lipinski definition) is 3. The van der Waals surface area contributed by atoms with Crippen LogP contribution in [0.5, 0.6) is 5.75 Å². The lowest BCUT2D eigenvalue weighted by atomic mass is 10.0. The molecule has 0 aliphatic rings. The number of ether oxygens (including phenoxy) is 1. The van der Waals surface area contributed by atoms with Crippen molar-refractivity contribution >= 4 is 5.78 Å². The zero-order chi connectivity index (χ0) is 13.8. The van der Waals surface area contributed by atoms with Gasteiger partial charge in [-0.05, 0) is 13.8 Å². The lowest BCUT2D eigenvalue weighted by Crippen LogP contribution is -2.08. The third-order valence-electron chi connectivity index (χ3n) is 3.17. The lowest BCUT2D eigenvalue weighted by molar-refractivity contribution is 0.0991. The average Bonchev–Trinajstić information content (AvgIpc) is 2.43. The summed E-state index contributed by atoms with van der Waals surface area (Å²) in [5.74, 6) is 0.882. The minimum atomic E-state index is 0.0714. The predicted molar refractivity (Wildman–Crippen MR) is 74.7 cm³/mol. The number of hydrogen-bond donors (Lipinski definition) is 0. The van der Waals surface area contributed by atoms with Gasteiger partial charge in [0.1, 0.15) is 5.75 Å². The van der Waals surface area contributed by atoms with Gasteiger partial charge in [0.25, 0.3) is 0 Å².